The predicted octanol–water partition coefficient (Wildman–Crippen LogP) is 1.19. The van der Waals surface area contributed by atoms with Crippen molar-refractivity contribution in [1.29, 1.82) is 0 Å². The third-order valence-electron chi connectivity index (χ3n) is 2.48. The van der Waals surface area contributed by atoms with Crippen LogP contribution in [0.15, 0.2) is 16.8 Å². The van der Waals surface area contributed by atoms with Crippen LogP contribution >= 0.6 is 0 Å². The summed E-state index contributed by atoms with van der Waals surface area (Å²) >= 11 is 0. The molecule has 78 valence electrons. The largest absolute Gasteiger partial charge is 0.381 e. The van der Waals surface area contributed by atoms with Crippen LogP contribution in [0.25, 0.3) is 0 Å². The van der Waals surface area contributed by atoms with Gasteiger partial charge in [0, 0.05) is 19.2 Å². The first-order chi connectivity index (χ1) is 6.95. The first kappa shape index (κ1) is 9.68. The first-order valence-corrected chi connectivity index (χ1v) is 5.13. The van der Waals surface area contributed by atoms with Crippen LogP contribution in [-0.2, 0) is 11.3 Å². The van der Waals surface area contributed by atoms with Gasteiger partial charge in [0.15, 0.2) is 0 Å². The van der Waals surface area contributed by atoms with E-state index in [0.29, 0.717) is 5.92 Å². The van der Waals surface area contributed by atoms with Crippen molar-refractivity contribution >= 4 is 0 Å². The van der Waals surface area contributed by atoms with Gasteiger partial charge in [-0.2, -0.15) is 0 Å². The summed E-state index contributed by atoms with van der Waals surface area (Å²) < 4.78 is 10.4. The Hall–Kier alpha value is -0.870. The molecule has 4 nitrogen and oxygen atoms in total. The molecule has 0 aliphatic carbocycles. The van der Waals surface area contributed by atoms with Crippen LogP contribution < -0.4 is 5.32 Å². The Bertz CT molecular complexity index is 243. The predicted molar refractivity (Wildman–Crippen MR) is 51.8 cm³/mol. The lowest BCUT2D eigenvalue weighted by molar-refractivity contribution is 0.0545. The number of rotatable bonds is 4. The van der Waals surface area contributed by atoms with E-state index in [0.717, 1.165) is 32.1 Å². The smallest absolute Gasteiger partial charge is 0.150 e. The molecule has 1 aromatic heterocycles. The third-order valence-corrected chi connectivity index (χ3v) is 2.48. The minimum atomic E-state index is 0.659. The Kier molecular flexibility index (Phi) is 3.54. The highest BCUT2D eigenvalue weighted by molar-refractivity contribution is 4.91. The lowest BCUT2D eigenvalue weighted by Gasteiger charge is -2.21. The first-order valence-electron chi connectivity index (χ1n) is 5.13. The number of nitrogens with zero attached hydrogens (tertiary/aromatic N) is 1. The zero-order valence-electron chi connectivity index (χ0n) is 8.24. The van der Waals surface area contributed by atoms with Crippen LogP contribution in [0.2, 0.25) is 0 Å². The van der Waals surface area contributed by atoms with Crippen LogP contribution in [0.1, 0.15) is 18.6 Å². The Balaban J connectivity index is 1.62. The zero-order valence-corrected chi connectivity index (χ0v) is 8.24. The molecule has 1 N–H and O–H groups in total. The van der Waals surface area contributed by atoms with Gasteiger partial charge < -0.3 is 14.6 Å². The molecular weight excluding hydrogens is 180 g/mol. The number of hydrogen-bond acceptors (Lipinski definition) is 4. The van der Waals surface area contributed by atoms with Crippen molar-refractivity contribution in [3.05, 3.63) is 18.0 Å². The van der Waals surface area contributed by atoms with Crippen molar-refractivity contribution in [3.8, 4) is 0 Å². The van der Waals surface area contributed by atoms with E-state index in [-0.39, 0.29) is 0 Å². The number of nitrogens with one attached hydrogen (secondary N) is 1. The fourth-order valence-electron chi connectivity index (χ4n) is 1.70. The average Bonchev–Trinajstić information content (AvgIpc) is 2.72. The molecule has 1 aliphatic heterocycles. The van der Waals surface area contributed by atoms with Crippen molar-refractivity contribution in [2.45, 2.75) is 19.4 Å². The normalized spacial score (nSPS) is 22.4. The van der Waals surface area contributed by atoms with Gasteiger partial charge in [0.2, 0.25) is 0 Å². The molecule has 0 aromatic carbocycles. The van der Waals surface area contributed by atoms with Crippen molar-refractivity contribution in [3.63, 3.8) is 0 Å². The third kappa shape index (κ3) is 2.82. The topological polar surface area (TPSA) is 47.3 Å². The van der Waals surface area contributed by atoms with E-state index in [4.69, 9.17) is 9.26 Å². The van der Waals surface area contributed by atoms with Gasteiger partial charge >= 0.3 is 0 Å². The second kappa shape index (κ2) is 5.12. The summed E-state index contributed by atoms with van der Waals surface area (Å²) in [6, 6.07) is 1.88. The molecular formula is C10H16N2O2. The van der Waals surface area contributed by atoms with Gasteiger partial charge in [-0.25, -0.2) is 0 Å². The van der Waals surface area contributed by atoms with Gasteiger partial charge in [0.05, 0.1) is 19.3 Å². The van der Waals surface area contributed by atoms with E-state index in [1.807, 2.05) is 6.07 Å². The Morgan fingerprint density at radius 2 is 2.57 bits per heavy atom. The Morgan fingerprint density at radius 3 is 3.29 bits per heavy atom. The summed E-state index contributed by atoms with van der Waals surface area (Å²) in [6.45, 7) is 3.58. The SMILES string of the molecule is c1cc(CNCC2CCCOC2)on1. The van der Waals surface area contributed by atoms with Crippen molar-refractivity contribution in [1.82, 2.24) is 10.5 Å². The van der Waals surface area contributed by atoms with E-state index >= 15 is 0 Å². The molecule has 2 heterocycles. The van der Waals surface area contributed by atoms with Gasteiger partial charge in [-0.05, 0) is 18.8 Å². The van der Waals surface area contributed by atoms with E-state index in [1.165, 1.54) is 12.8 Å². The minimum absolute atomic E-state index is 0.659. The highest BCUT2D eigenvalue weighted by atomic mass is 16.5. The maximum atomic E-state index is 5.39. The summed E-state index contributed by atoms with van der Waals surface area (Å²) in [4.78, 5) is 0. The molecule has 0 bridgehead atoms. The second-order valence-electron chi connectivity index (χ2n) is 3.69. The summed E-state index contributed by atoms with van der Waals surface area (Å²) in [5, 5.41) is 6.99. The molecule has 1 aliphatic rings. The molecule has 0 saturated carbocycles. The molecule has 0 radical (unpaired) electrons. The van der Waals surface area contributed by atoms with Crippen molar-refractivity contribution < 1.29 is 9.26 Å². The maximum Gasteiger partial charge on any atom is 0.150 e. The van der Waals surface area contributed by atoms with Gasteiger partial charge in [-0.1, -0.05) is 5.16 Å². The lowest BCUT2D eigenvalue weighted by Crippen LogP contribution is -2.28. The van der Waals surface area contributed by atoms with E-state index < -0.39 is 0 Å². The second-order valence-corrected chi connectivity index (χ2v) is 3.69. The quantitative estimate of drug-likeness (QED) is 0.785. The van der Waals surface area contributed by atoms with E-state index in [2.05, 4.69) is 10.5 Å². The van der Waals surface area contributed by atoms with Crippen LogP contribution in [0, 0.1) is 5.92 Å². The molecule has 1 fully saturated rings. The number of aromatic nitrogens is 1. The van der Waals surface area contributed by atoms with Crippen LogP contribution in [0.5, 0.6) is 0 Å². The summed E-state index contributed by atoms with van der Waals surface area (Å²) in [5.74, 6) is 1.55. The fourth-order valence-corrected chi connectivity index (χ4v) is 1.70. The minimum Gasteiger partial charge on any atom is -0.381 e. The monoisotopic (exact) mass is 196 g/mol. The van der Waals surface area contributed by atoms with Gasteiger partial charge in [-0.15, -0.1) is 0 Å². The summed E-state index contributed by atoms with van der Waals surface area (Å²) in [7, 11) is 0. The van der Waals surface area contributed by atoms with Gasteiger partial charge in [0.1, 0.15) is 5.76 Å². The summed E-state index contributed by atoms with van der Waals surface area (Å²) in [5.41, 5.74) is 0. The molecule has 2 rings (SSSR count). The highest BCUT2D eigenvalue weighted by Gasteiger charge is 2.13. The Labute approximate surface area is 83.6 Å². The molecule has 0 spiro atoms. The summed E-state index contributed by atoms with van der Waals surface area (Å²) in [6.07, 6.45) is 4.12. The highest BCUT2D eigenvalue weighted by Crippen LogP contribution is 2.12. The van der Waals surface area contributed by atoms with Crippen molar-refractivity contribution in [2.24, 2.45) is 5.92 Å². The average molecular weight is 196 g/mol. The van der Waals surface area contributed by atoms with E-state index in [1.54, 1.807) is 6.20 Å². The van der Waals surface area contributed by atoms with Crippen LogP contribution in [0.3, 0.4) is 0 Å². The molecule has 14 heavy (non-hydrogen) atoms. The van der Waals surface area contributed by atoms with E-state index in [9.17, 15) is 0 Å². The fraction of sp³-hybridized carbons (Fsp3) is 0.700. The zero-order chi connectivity index (χ0) is 9.64. The number of ether oxygens (including phenoxy) is 1. The van der Waals surface area contributed by atoms with Gasteiger partial charge in [0.25, 0.3) is 0 Å². The molecule has 4 heteroatoms. The van der Waals surface area contributed by atoms with Crippen LogP contribution in [0.4, 0.5) is 0 Å². The molecule has 0 amide bonds. The maximum absolute atomic E-state index is 5.39. The van der Waals surface area contributed by atoms with Gasteiger partial charge in [-0.3, -0.25) is 0 Å². The molecule has 1 aromatic rings. The lowest BCUT2D eigenvalue weighted by atomic mass is 10.0. The molecule has 1 unspecified atom stereocenters. The Morgan fingerprint density at radius 1 is 1.57 bits per heavy atom. The number of hydrogen-bond donors (Lipinski definition) is 1. The molecule has 1 atom stereocenters. The van der Waals surface area contributed by atoms with Crippen molar-refractivity contribution in [2.75, 3.05) is 19.8 Å². The van der Waals surface area contributed by atoms with Crippen LogP contribution in [-0.4, -0.2) is 24.9 Å². The molecule has 1 saturated heterocycles. The standard InChI is InChI=1S/C10H16N2O2/c1-2-9(8-13-5-1)6-11-7-10-3-4-12-14-10/h3-4,9,11H,1-2,5-8H2.